The van der Waals surface area contributed by atoms with E-state index in [0.29, 0.717) is 0 Å². The fraction of sp³-hybridized carbons (Fsp3) is 0.211. The number of pyridine rings is 1. The number of H-pyrrole nitrogens is 1. The number of aromatic nitrogens is 3. The molecule has 6 nitrogen and oxygen atoms in total. The Kier molecular flexibility index (Phi) is 4.16. The van der Waals surface area contributed by atoms with Gasteiger partial charge in [-0.2, -0.15) is 0 Å². The number of nitrogens with zero attached hydrogens (tertiary/aromatic N) is 4. The summed E-state index contributed by atoms with van der Waals surface area (Å²) in [5.74, 6) is 0.954. The molecule has 0 radical (unpaired) electrons. The SMILES string of the molecule is O=c1ccc(N2CCN(c3cc(-c4ccccc4)ncn3)CC2)c[nH]1. The summed E-state index contributed by atoms with van der Waals surface area (Å²) in [6.07, 6.45) is 3.40. The molecule has 3 aromatic rings. The Morgan fingerprint density at radius 2 is 1.64 bits per heavy atom. The second-order valence-corrected chi connectivity index (χ2v) is 6.01. The van der Waals surface area contributed by atoms with E-state index in [9.17, 15) is 4.79 Å². The molecule has 126 valence electrons. The first-order valence-electron chi connectivity index (χ1n) is 8.36. The molecule has 1 N–H and O–H groups in total. The molecule has 1 saturated heterocycles. The maximum absolute atomic E-state index is 11.2. The Labute approximate surface area is 145 Å². The van der Waals surface area contributed by atoms with Gasteiger partial charge in [-0.25, -0.2) is 9.97 Å². The normalized spacial score (nSPS) is 14.6. The minimum Gasteiger partial charge on any atom is -0.367 e. The number of hydrogen-bond acceptors (Lipinski definition) is 5. The molecule has 0 saturated carbocycles. The van der Waals surface area contributed by atoms with E-state index >= 15 is 0 Å². The zero-order valence-corrected chi connectivity index (χ0v) is 13.8. The standard InChI is InChI=1S/C19H19N5O/c25-19-7-6-16(13-20-19)23-8-10-24(11-9-23)18-12-17(21-14-22-18)15-4-2-1-3-5-15/h1-7,12-14H,8-11H2,(H,20,25). The van der Waals surface area contributed by atoms with Crippen LogP contribution in [-0.2, 0) is 0 Å². The van der Waals surface area contributed by atoms with Gasteiger partial charge in [-0.1, -0.05) is 30.3 Å². The maximum atomic E-state index is 11.2. The molecule has 1 aliphatic rings. The number of aromatic amines is 1. The van der Waals surface area contributed by atoms with Crippen LogP contribution in [0.1, 0.15) is 0 Å². The first kappa shape index (κ1) is 15.4. The highest BCUT2D eigenvalue weighted by molar-refractivity contribution is 5.62. The molecule has 6 heteroatoms. The van der Waals surface area contributed by atoms with Gasteiger partial charge in [0, 0.05) is 50.1 Å². The summed E-state index contributed by atoms with van der Waals surface area (Å²) in [4.78, 5) is 27.3. The van der Waals surface area contributed by atoms with Crippen molar-refractivity contribution in [3.05, 3.63) is 71.4 Å². The molecule has 0 atom stereocenters. The Morgan fingerprint density at radius 1 is 0.880 bits per heavy atom. The van der Waals surface area contributed by atoms with Crippen LogP contribution in [0.15, 0.2) is 65.8 Å². The van der Waals surface area contributed by atoms with E-state index in [4.69, 9.17) is 0 Å². The van der Waals surface area contributed by atoms with E-state index in [1.165, 1.54) is 0 Å². The maximum Gasteiger partial charge on any atom is 0.248 e. The largest absolute Gasteiger partial charge is 0.367 e. The molecule has 0 spiro atoms. The van der Waals surface area contributed by atoms with Gasteiger partial charge in [0.2, 0.25) is 5.56 Å². The van der Waals surface area contributed by atoms with Gasteiger partial charge in [0.25, 0.3) is 0 Å². The van der Waals surface area contributed by atoms with Gasteiger partial charge in [0.05, 0.1) is 11.4 Å². The van der Waals surface area contributed by atoms with Crippen LogP contribution in [0.25, 0.3) is 11.3 Å². The Balaban J connectivity index is 1.47. The summed E-state index contributed by atoms with van der Waals surface area (Å²) in [7, 11) is 0. The zero-order chi connectivity index (χ0) is 17.1. The molecule has 25 heavy (non-hydrogen) atoms. The predicted octanol–water partition coefficient (Wildman–Crippen LogP) is 2.16. The molecule has 1 aromatic carbocycles. The van der Waals surface area contributed by atoms with Gasteiger partial charge >= 0.3 is 0 Å². The van der Waals surface area contributed by atoms with Crippen molar-refractivity contribution >= 4 is 11.5 Å². The fourth-order valence-corrected chi connectivity index (χ4v) is 3.08. The molecule has 3 heterocycles. The molecule has 1 fully saturated rings. The van der Waals surface area contributed by atoms with Crippen molar-refractivity contribution in [3.8, 4) is 11.3 Å². The Morgan fingerprint density at radius 3 is 2.36 bits per heavy atom. The second-order valence-electron chi connectivity index (χ2n) is 6.01. The number of piperazine rings is 1. The van der Waals surface area contributed by atoms with Gasteiger partial charge in [0.15, 0.2) is 0 Å². The van der Waals surface area contributed by atoms with Gasteiger partial charge in [-0.05, 0) is 6.07 Å². The smallest absolute Gasteiger partial charge is 0.248 e. The van der Waals surface area contributed by atoms with Crippen molar-refractivity contribution in [2.75, 3.05) is 36.0 Å². The molecule has 0 amide bonds. The third-order valence-electron chi connectivity index (χ3n) is 4.46. The third kappa shape index (κ3) is 3.38. The summed E-state index contributed by atoms with van der Waals surface area (Å²) in [5, 5.41) is 0. The number of benzene rings is 1. The number of nitrogens with one attached hydrogen (secondary N) is 1. The van der Waals surface area contributed by atoms with E-state index in [0.717, 1.165) is 48.9 Å². The van der Waals surface area contributed by atoms with Crippen molar-refractivity contribution in [2.45, 2.75) is 0 Å². The average molecular weight is 333 g/mol. The first-order chi connectivity index (χ1) is 12.3. The lowest BCUT2D eigenvalue weighted by molar-refractivity contribution is 0.646. The number of anilines is 2. The van der Waals surface area contributed by atoms with Crippen LogP contribution in [0.5, 0.6) is 0 Å². The molecule has 0 bridgehead atoms. The lowest BCUT2D eigenvalue weighted by Gasteiger charge is -2.36. The molecule has 1 aliphatic heterocycles. The lowest BCUT2D eigenvalue weighted by Crippen LogP contribution is -2.47. The van der Waals surface area contributed by atoms with Crippen LogP contribution in [0.4, 0.5) is 11.5 Å². The third-order valence-corrected chi connectivity index (χ3v) is 4.46. The molecule has 0 aliphatic carbocycles. The van der Waals surface area contributed by atoms with E-state index < -0.39 is 0 Å². The molecule has 0 unspecified atom stereocenters. The summed E-state index contributed by atoms with van der Waals surface area (Å²) < 4.78 is 0. The summed E-state index contributed by atoms with van der Waals surface area (Å²) in [6, 6.07) is 15.6. The Bertz CT molecular complexity index is 880. The monoisotopic (exact) mass is 333 g/mol. The van der Waals surface area contributed by atoms with E-state index in [-0.39, 0.29) is 5.56 Å². The van der Waals surface area contributed by atoms with E-state index in [1.807, 2.05) is 30.3 Å². The topological polar surface area (TPSA) is 65.1 Å². The van der Waals surface area contributed by atoms with Crippen molar-refractivity contribution in [3.63, 3.8) is 0 Å². The highest BCUT2D eigenvalue weighted by atomic mass is 16.1. The van der Waals surface area contributed by atoms with Crippen molar-refractivity contribution in [2.24, 2.45) is 0 Å². The van der Waals surface area contributed by atoms with Crippen LogP contribution in [0.3, 0.4) is 0 Å². The van der Waals surface area contributed by atoms with Gasteiger partial charge in [-0.15, -0.1) is 0 Å². The van der Waals surface area contributed by atoms with Crippen LogP contribution in [-0.4, -0.2) is 41.1 Å². The average Bonchev–Trinajstić information content (AvgIpc) is 2.70. The van der Waals surface area contributed by atoms with Crippen LogP contribution in [0.2, 0.25) is 0 Å². The van der Waals surface area contributed by atoms with Crippen molar-refractivity contribution in [1.82, 2.24) is 15.0 Å². The molecular weight excluding hydrogens is 314 g/mol. The molecule has 2 aromatic heterocycles. The molecular formula is C19H19N5O. The summed E-state index contributed by atoms with van der Waals surface area (Å²) in [6.45, 7) is 3.53. The summed E-state index contributed by atoms with van der Waals surface area (Å²) >= 11 is 0. The van der Waals surface area contributed by atoms with Crippen LogP contribution in [0, 0.1) is 0 Å². The zero-order valence-electron chi connectivity index (χ0n) is 13.8. The highest BCUT2D eigenvalue weighted by Crippen LogP contribution is 2.22. The van der Waals surface area contributed by atoms with Crippen molar-refractivity contribution < 1.29 is 0 Å². The van der Waals surface area contributed by atoms with E-state index in [1.54, 1.807) is 18.6 Å². The van der Waals surface area contributed by atoms with Gasteiger partial charge in [-0.3, -0.25) is 4.79 Å². The fourth-order valence-electron chi connectivity index (χ4n) is 3.08. The van der Waals surface area contributed by atoms with E-state index in [2.05, 4.69) is 36.9 Å². The van der Waals surface area contributed by atoms with Crippen LogP contribution < -0.4 is 15.4 Å². The highest BCUT2D eigenvalue weighted by Gasteiger charge is 2.19. The number of rotatable bonds is 3. The first-order valence-corrected chi connectivity index (χ1v) is 8.36. The minimum atomic E-state index is -0.0724. The summed E-state index contributed by atoms with van der Waals surface area (Å²) in [5.41, 5.74) is 3.01. The van der Waals surface area contributed by atoms with Gasteiger partial charge in [0.1, 0.15) is 12.1 Å². The lowest BCUT2D eigenvalue weighted by atomic mass is 10.1. The number of hydrogen-bond donors (Lipinski definition) is 1. The van der Waals surface area contributed by atoms with Crippen molar-refractivity contribution in [1.29, 1.82) is 0 Å². The quantitative estimate of drug-likeness (QED) is 0.796. The Hall–Kier alpha value is -3.15. The van der Waals surface area contributed by atoms with Gasteiger partial charge < -0.3 is 14.8 Å². The second kappa shape index (κ2) is 6.76. The minimum absolute atomic E-state index is 0.0724. The predicted molar refractivity (Wildman–Crippen MR) is 99.0 cm³/mol. The van der Waals surface area contributed by atoms with Crippen LogP contribution >= 0.6 is 0 Å². The molecule has 4 rings (SSSR count).